The molecular formula is C23H23NO5S. The number of nitrogens with one attached hydrogen (secondary N) is 1. The Labute approximate surface area is 175 Å². The molecule has 1 N–H and O–H groups in total. The van der Waals surface area contributed by atoms with Crippen molar-refractivity contribution in [3.05, 3.63) is 83.4 Å². The van der Waals surface area contributed by atoms with Crippen molar-refractivity contribution in [3.63, 3.8) is 0 Å². The number of amides is 1. The van der Waals surface area contributed by atoms with E-state index in [1.54, 1.807) is 12.1 Å². The summed E-state index contributed by atoms with van der Waals surface area (Å²) in [6.45, 7) is 1.47. The van der Waals surface area contributed by atoms with Crippen LogP contribution in [0.1, 0.15) is 34.5 Å². The van der Waals surface area contributed by atoms with Crippen molar-refractivity contribution in [2.45, 2.75) is 18.7 Å². The topological polar surface area (TPSA) is 89.5 Å². The monoisotopic (exact) mass is 425 g/mol. The number of hydrogen-bond donors (Lipinski definition) is 1. The lowest BCUT2D eigenvalue weighted by Gasteiger charge is -2.16. The van der Waals surface area contributed by atoms with Crippen molar-refractivity contribution >= 4 is 32.5 Å². The zero-order valence-corrected chi connectivity index (χ0v) is 17.6. The molecule has 30 heavy (non-hydrogen) atoms. The molecule has 1 amide bonds. The van der Waals surface area contributed by atoms with E-state index < -0.39 is 28.3 Å². The Balaban J connectivity index is 1.57. The highest BCUT2D eigenvalue weighted by molar-refractivity contribution is 7.89. The second kappa shape index (κ2) is 9.09. The average Bonchev–Trinajstić information content (AvgIpc) is 2.71. The van der Waals surface area contributed by atoms with Crippen LogP contribution in [0.4, 0.5) is 0 Å². The molecule has 0 aliphatic rings. The molecule has 0 spiro atoms. The fourth-order valence-electron chi connectivity index (χ4n) is 3.24. The molecule has 3 aromatic carbocycles. The summed E-state index contributed by atoms with van der Waals surface area (Å²) in [6, 6.07) is 19.7. The molecule has 0 aliphatic carbocycles. The van der Waals surface area contributed by atoms with Gasteiger partial charge in [0.25, 0.3) is 5.91 Å². The van der Waals surface area contributed by atoms with Gasteiger partial charge < -0.3 is 10.1 Å². The lowest BCUT2D eigenvalue weighted by atomic mass is 10.00. The number of fused-ring (bicyclic) bond motifs is 1. The van der Waals surface area contributed by atoms with Crippen LogP contribution >= 0.6 is 0 Å². The molecular weight excluding hydrogens is 402 g/mol. The van der Waals surface area contributed by atoms with E-state index in [1.807, 2.05) is 49.4 Å². The van der Waals surface area contributed by atoms with Gasteiger partial charge in [0, 0.05) is 6.26 Å². The van der Waals surface area contributed by atoms with Crippen LogP contribution in [0, 0.1) is 0 Å². The second-order valence-corrected chi connectivity index (χ2v) is 9.34. The first-order chi connectivity index (χ1) is 14.2. The summed E-state index contributed by atoms with van der Waals surface area (Å²) in [5.41, 5.74) is 1.81. The van der Waals surface area contributed by atoms with Crippen LogP contribution in [0.5, 0.6) is 0 Å². The molecule has 0 heterocycles. The maximum absolute atomic E-state index is 12.3. The Morgan fingerprint density at radius 2 is 1.63 bits per heavy atom. The van der Waals surface area contributed by atoms with Gasteiger partial charge in [-0.25, -0.2) is 13.2 Å². The van der Waals surface area contributed by atoms with Gasteiger partial charge in [-0.15, -0.1) is 0 Å². The zero-order valence-electron chi connectivity index (χ0n) is 16.8. The van der Waals surface area contributed by atoms with Crippen LogP contribution in [-0.2, 0) is 25.1 Å². The summed E-state index contributed by atoms with van der Waals surface area (Å²) < 4.78 is 27.7. The summed E-state index contributed by atoms with van der Waals surface area (Å²) in [7, 11) is -3.15. The van der Waals surface area contributed by atoms with Crippen molar-refractivity contribution in [2.24, 2.45) is 0 Å². The van der Waals surface area contributed by atoms with Crippen molar-refractivity contribution in [2.75, 3.05) is 12.9 Å². The van der Waals surface area contributed by atoms with Crippen LogP contribution in [0.3, 0.4) is 0 Å². The fraction of sp³-hybridized carbons (Fsp3) is 0.217. The Bertz CT molecular complexity index is 1160. The van der Waals surface area contributed by atoms with E-state index in [9.17, 15) is 18.0 Å². The number of sulfone groups is 1. The predicted molar refractivity (Wildman–Crippen MR) is 116 cm³/mol. The highest BCUT2D eigenvalue weighted by Gasteiger charge is 2.15. The summed E-state index contributed by atoms with van der Waals surface area (Å²) >= 11 is 0. The first-order valence-corrected chi connectivity index (χ1v) is 11.5. The van der Waals surface area contributed by atoms with Gasteiger partial charge in [-0.2, -0.15) is 0 Å². The lowest BCUT2D eigenvalue weighted by Crippen LogP contribution is -2.31. The van der Waals surface area contributed by atoms with Crippen molar-refractivity contribution < 1.29 is 22.7 Å². The van der Waals surface area contributed by atoms with Crippen LogP contribution in [0.25, 0.3) is 10.8 Å². The van der Waals surface area contributed by atoms with Crippen LogP contribution < -0.4 is 5.32 Å². The number of esters is 1. The molecule has 0 aromatic heterocycles. The molecule has 7 heteroatoms. The summed E-state index contributed by atoms with van der Waals surface area (Å²) in [5, 5.41) is 4.99. The second-order valence-electron chi connectivity index (χ2n) is 7.20. The molecule has 156 valence electrons. The molecule has 0 fully saturated rings. The third-order valence-corrected chi connectivity index (χ3v) is 5.48. The average molecular weight is 426 g/mol. The van der Waals surface area contributed by atoms with E-state index in [1.165, 1.54) is 12.1 Å². The number of benzene rings is 3. The third-order valence-electron chi connectivity index (χ3n) is 4.62. The first-order valence-electron chi connectivity index (χ1n) is 9.44. The third kappa shape index (κ3) is 5.67. The fourth-order valence-corrected chi connectivity index (χ4v) is 4.04. The molecule has 0 radical (unpaired) electrons. The first kappa shape index (κ1) is 21.5. The van der Waals surface area contributed by atoms with E-state index in [2.05, 4.69) is 5.32 Å². The van der Waals surface area contributed by atoms with E-state index in [-0.39, 0.29) is 17.4 Å². The molecule has 6 nitrogen and oxygen atoms in total. The molecule has 0 bridgehead atoms. The van der Waals surface area contributed by atoms with Crippen LogP contribution in [0.2, 0.25) is 0 Å². The van der Waals surface area contributed by atoms with Gasteiger partial charge in [-0.05, 0) is 41.0 Å². The molecule has 3 aromatic rings. The largest absolute Gasteiger partial charge is 0.452 e. The van der Waals surface area contributed by atoms with E-state index in [0.29, 0.717) is 5.56 Å². The maximum Gasteiger partial charge on any atom is 0.338 e. The van der Waals surface area contributed by atoms with Gasteiger partial charge in [-0.1, -0.05) is 54.6 Å². The smallest absolute Gasteiger partial charge is 0.338 e. The SMILES string of the molecule is CC(NC(=O)COC(=O)c1ccc(CS(C)(=O)=O)cc1)c1cccc2ccccc12. The van der Waals surface area contributed by atoms with Crippen molar-refractivity contribution in [1.82, 2.24) is 5.32 Å². The minimum atomic E-state index is -3.15. The maximum atomic E-state index is 12.3. The summed E-state index contributed by atoms with van der Waals surface area (Å²) in [4.78, 5) is 24.4. The van der Waals surface area contributed by atoms with Gasteiger partial charge in [0.2, 0.25) is 0 Å². The van der Waals surface area contributed by atoms with Gasteiger partial charge >= 0.3 is 5.97 Å². The van der Waals surface area contributed by atoms with Gasteiger partial charge in [0.05, 0.1) is 17.4 Å². The zero-order chi connectivity index (χ0) is 21.7. The molecule has 0 saturated carbocycles. The Kier molecular flexibility index (Phi) is 6.52. The minimum Gasteiger partial charge on any atom is -0.452 e. The summed E-state index contributed by atoms with van der Waals surface area (Å²) in [5.74, 6) is -1.15. The molecule has 0 aliphatic heterocycles. The van der Waals surface area contributed by atoms with Gasteiger partial charge in [0.1, 0.15) is 0 Å². The highest BCUT2D eigenvalue weighted by atomic mass is 32.2. The Hall–Kier alpha value is -3.19. The summed E-state index contributed by atoms with van der Waals surface area (Å²) in [6.07, 6.45) is 1.15. The van der Waals surface area contributed by atoms with E-state index in [0.717, 1.165) is 22.6 Å². The lowest BCUT2D eigenvalue weighted by molar-refractivity contribution is -0.124. The Morgan fingerprint density at radius 3 is 2.33 bits per heavy atom. The van der Waals surface area contributed by atoms with Gasteiger partial charge in [-0.3, -0.25) is 4.79 Å². The quantitative estimate of drug-likeness (QED) is 0.586. The highest BCUT2D eigenvalue weighted by Crippen LogP contribution is 2.23. The van der Waals surface area contributed by atoms with Gasteiger partial charge in [0.15, 0.2) is 16.4 Å². The predicted octanol–water partition coefficient (Wildman–Crippen LogP) is 3.42. The normalized spacial score (nSPS) is 12.3. The number of carbonyl (C=O) groups is 2. The van der Waals surface area contributed by atoms with Crippen molar-refractivity contribution in [1.29, 1.82) is 0 Å². The molecule has 1 unspecified atom stereocenters. The molecule has 1 atom stereocenters. The number of carbonyl (C=O) groups excluding carboxylic acids is 2. The molecule has 0 saturated heterocycles. The number of hydrogen-bond acceptors (Lipinski definition) is 5. The van der Waals surface area contributed by atoms with Crippen LogP contribution in [0.15, 0.2) is 66.7 Å². The number of ether oxygens (including phenoxy) is 1. The van der Waals surface area contributed by atoms with E-state index >= 15 is 0 Å². The Morgan fingerprint density at radius 1 is 0.967 bits per heavy atom. The van der Waals surface area contributed by atoms with Crippen molar-refractivity contribution in [3.8, 4) is 0 Å². The van der Waals surface area contributed by atoms with Crippen LogP contribution in [-0.4, -0.2) is 33.2 Å². The number of rotatable bonds is 7. The minimum absolute atomic E-state index is 0.100. The standard InChI is InChI=1S/C23H23NO5S/c1-16(20-9-5-7-18-6-3-4-8-21(18)20)24-22(25)14-29-23(26)19-12-10-17(11-13-19)15-30(2,27)28/h3-13,16H,14-15H2,1-2H3,(H,24,25). The van der Waals surface area contributed by atoms with E-state index in [4.69, 9.17) is 4.74 Å². The molecule has 3 rings (SSSR count).